The molecule has 4 rings (SSSR count). The Morgan fingerprint density at radius 3 is 2.50 bits per heavy atom. The van der Waals surface area contributed by atoms with Crippen LogP contribution in [0.25, 0.3) is 22.3 Å². The number of fused-ring (bicyclic) bond motifs is 1. The van der Waals surface area contributed by atoms with Crippen molar-refractivity contribution in [3.05, 3.63) is 88.2 Å². The number of aromatic nitrogens is 2. The van der Waals surface area contributed by atoms with Gasteiger partial charge in [0.1, 0.15) is 12.4 Å². The molecule has 3 aromatic carbocycles. The smallest absolute Gasteiger partial charge is 0.259 e. The molecular weight excluding hydrogens is 352 g/mol. The highest BCUT2D eigenvalue weighted by atomic mass is 16.5. The summed E-state index contributed by atoms with van der Waals surface area (Å²) in [5.41, 5.74) is 3.28. The second-order valence-corrected chi connectivity index (χ2v) is 6.52. The summed E-state index contributed by atoms with van der Waals surface area (Å²) in [7, 11) is 1.61. The highest BCUT2D eigenvalue weighted by Crippen LogP contribution is 2.35. The van der Waals surface area contributed by atoms with Gasteiger partial charge in [0.05, 0.1) is 18.0 Å². The predicted octanol–water partition coefficient (Wildman–Crippen LogP) is 4.49. The standard InChI is InChI=1S/C23H20N2O3/c1-15-12-20(27-2)21(28-14-16-8-4-3-5-9-16)13-18(15)22-24-19-11-7-6-10-17(19)23(26)25-22/h3-13H,14H2,1-2H3,(H,24,25,26). The molecule has 1 heterocycles. The number of para-hydroxylation sites is 1. The molecule has 140 valence electrons. The van der Waals surface area contributed by atoms with E-state index in [1.807, 2.05) is 67.6 Å². The van der Waals surface area contributed by atoms with Crippen molar-refractivity contribution in [2.24, 2.45) is 0 Å². The van der Waals surface area contributed by atoms with E-state index in [9.17, 15) is 4.79 Å². The Balaban J connectivity index is 1.76. The number of nitrogens with zero attached hydrogens (tertiary/aromatic N) is 1. The van der Waals surface area contributed by atoms with E-state index in [2.05, 4.69) is 9.97 Å². The molecule has 0 saturated carbocycles. The average Bonchev–Trinajstić information content (AvgIpc) is 2.73. The van der Waals surface area contributed by atoms with Crippen LogP contribution >= 0.6 is 0 Å². The number of ether oxygens (including phenoxy) is 2. The van der Waals surface area contributed by atoms with Gasteiger partial charge < -0.3 is 14.5 Å². The first kappa shape index (κ1) is 17.8. The molecule has 4 aromatic rings. The molecule has 0 radical (unpaired) electrons. The maximum Gasteiger partial charge on any atom is 0.259 e. The van der Waals surface area contributed by atoms with E-state index in [0.717, 1.165) is 16.7 Å². The molecule has 0 unspecified atom stereocenters. The van der Waals surface area contributed by atoms with Gasteiger partial charge in [0.2, 0.25) is 0 Å². The Kier molecular flexibility index (Phi) is 4.81. The topological polar surface area (TPSA) is 64.2 Å². The third-order valence-corrected chi connectivity index (χ3v) is 4.62. The SMILES string of the molecule is COc1cc(C)c(-c2nc3ccccc3c(=O)[nH]2)cc1OCc1ccccc1. The van der Waals surface area contributed by atoms with Gasteiger partial charge in [-0.25, -0.2) is 4.98 Å². The third kappa shape index (κ3) is 3.47. The molecule has 1 N–H and O–H groups in total. The van der Waals surface area contributed by atoms with Crippen molar-refractivity contribution >= 4 is 10.9 Å². The van der Waals surface area contributed by atoms with E-state index in [0.29, 0.717) is 34.8 Å². The minimum Gasteiger partial charge on any atom is -0.493 e. The number of nitrogens with one attached hydrogen (secondary N) is 1. The van der Waals surface area contributed by atoms with Gasteiger partial charge in [0, 0.05) is 5.56 Å². The van der Waals surface area contributed by atoms with Gasteiger partial charge in [-0.15, -0.1) is 0 Å². The zero-order chi connectivity index (χ0) is 19.5. The van der Waals surface area contributed by atoms with Gasteiger partial charge in [0.25, 0.3) is 5.56 Å². The Morgan fingerprint density at radius 2 is 1.71 bits per heavy atom. The maximum absolute atomic E-state index is 12.5. The molecule has 1 aromatic heterocycles. The summed E-state index contributed by atoms with van der Waals surface area (Å²) in [6.07, 6.45) is 0. The monoisotopic (exact) mass is 372 g/mol. The summed E-state index contributed by atoms with van der Waals surface area (Å²) in [5.74, 6) is 1.75. The van der Waals surface area contributed by atoms with Gasteiger partial charge >= 0.3 is 0 Å². The summed E-state index contributed by atoms with van der Waals surface area (Å²) in [4.78, 5) is 20.0. The van der Waals surface area contributed by atoms with Crippen molar-refractivity contribution in [1.29, 1.82) is 0 Å². The van der Waals surface area contributed by atoms with E-state index in [-0.39, 0.29) is 5.56 Å². The zero-order valence-corrected chi connectivity index (χ0v) is 15.7. The van der Waals surface area contributed by atoms with Gasteiger partial charge in [0.15, 0.2) is 11.5 Å². The van der Waals surface area contributed by atoms with Crippen LogP contribution in [0.1, 0.15) is 11.1 Å². The van der Waals surface area contributed by atoms with Crippen LogP contribution in [0.15, 0.2) is 71.5 Å². The number of rotatable bonds is 5. The third-order valence-electron chi connectivity index (χ3n) is 4.62. The predicted molar refractivity (Wildman–Crippen MR) is 110 cm³/mol. The van der Waals surface area contributed by atoms with Crippen molar-refractivity contribution in [2.45, 2.75) is 13.5 Å². The largest absolute Gasteiger partial charge is 0.493 e. The fourth-order valence-electron chi connectivity index (χ4n) is 3.14. The second-order valence-electron chi connectivity index (χ2n) is 6.52. The molecule has 0 amide bonds. The van der Waals surface area contributed by atoms with E-state index >= 15 is 0 Å². The molecule has 28 heavy (non-hydrogen) atoms. The maximum atomic E-state index is 12.5. The van der Waals surface area contributed by atoms with Crippen LogP contribution in [0.2, 0.25) is 0 Å². The van der Waals surface area contributed by atoms with Crippen molar-refractivity contribution in [3.63, 3.8) is 0 Å². The zero-order valence-electron chi connectivity index (χ0n) is 15.7. The first-order valence-corrected chi connectivity index (χ1v) is 9.00. The molecule has 0 saturated heterocycles. The van der Waals surface area contributed by atoms with Crippen molar-refractivity contribution in [3.8, 4) is 22.9 Å². The van der Waals surface area contributed by atoms with Crippen LogP contribution in [-0.2, 0) is 6.61 Å². The molecule has 5 heteroatoms. The number of aryl methyl sites for hydroxylation is 1. The molecule has 5 nitrogen and oxygen atoms in total. The number of hydrogen-bond acceptors (Lipinski definition) is 4. The number of H-pyrrole nitrogens is 1. The minimum absolute atomic E-state index is 0.164. The second kappa shape index (κ2) is 7.56. The van der Waals surface area contributed by atoms with Crippen LogP contribution in [-0.4, -0.2) is 17.1 Å². The number of benzene rings is 3. The molecular formula is C23H20N2O3. The molecule has 0 aliphatic carbocycles. The van der Waals surface area contributed by atoms with Crippen molar-refractivity contribution in [1.82, 2.24) is 9.97 Å². The normalized spacial score (nSPS) is 10.8. The lowest BCUT2D eigenvalue weighted by Crippen LogP contribution is -2.10. The Hall–Kier alpha value is -3.60. The Labute approximate surface area is 162 Å². The summed E-state index contributed by atoms with van der Waals surface area (Å²) in [5, 5.41) is 0.568. The molecule has 0 aliphatic rings. The van der Waals surface area contributed by atoms with Gasteiger partial charge in [-0.3, -0.25) is 4.79 Å². The van der Waals surface area contributed by atoms with Gasteiger partial charge in [-0.1, -0.05) is 42.5 Å². The molecule has 0 bridgehead atoms. The first-order chi connectivity index (χ1) is 13.7. The number of methoxy groups -OCH3 is 1. The highest BCUT2D eigenvalue weighted by Gasteiger charge is 2.14. The van der Waals surface area contributed by atoms with Crippen LogP contribution < -0.4 is 15.0 Å². The lowest BCUT2D eigenvalue weighted by Gasteiger charge is -2.15. The van der Waals surface area contributed by atoms with Crippen molar-refractivity contribution < 1.29 is 9.47 Å². The van der Waals surface area contributed by atoms with Crippen LogP contribution in [0.4, 0.5) is 0 Å². The Bertz CT molecular complexity index is 1180. The first-order valence-electron chi connectivity index (χ1n) is 9.00. The molecule has 0 atom stereocenters. The number of aromatic amines is 1. The number of hydrogen-bond donors (Lipinski definition) is 1. The molecule has 0 aliphatic heterocycles. The van der Waals surface area contributed by atoms with Crippen LogP contribution in [0.5, 0.6) is 11.5 Å². The van der Waals surface area contributed by atoms with Crippen LogP contribution in [0, 0.1) is 6.92 Å². The van der Waals surface area contributed by atoms with E-state index in [1.165, 1.54) is 0 Å². The van der Waals surface area contributed by atoms with E-state index < -0.39 is 0 Å². The van der Waals surface area contributed by atoms with Crippen molar-refractivity contribution in [2.75, 3.05) is 7.11 Å². The lowest BCUT2D eigenvalue weighted by molar-refractivity contribution is 0.284. The fourth-order valence-corrected chi connectivity index (χ4v) is 3.14. The van der Waals surface area contributed by atoms with E-state index in [1.54, 1.807) is 13.2 Å². The molecule has 0 fully saturated rings. The highest BCUT2D eigenvalue weighted by molar-refractivity contribution is 5.80. The summed E-state index contributed by atoms with van der Waals surface area (Å²) in [6.45, 7) is 2.37. The lowest BCUT2D eigenvalue weighted by atomic mass is 10.1. The quantitative estimate of drug-likeness (QED) is 0.561. The molecule has 0 spiro atoms. The Morgan fingerprint density at radius 1 is 0.964 bits per heavy atom. The van der Waals surface area contributed by atoms with Gasteiger partial charge in [-0.2, -0.15) is 0 Å². The van der Waals surface area contributed by atoms with Gasteiger partial charge in [-0.05, 0) is 42.3 Å². The fraction of sp³-hybridized carbons (Fsp3) is 0.130. The minimum atomic E-state index is -0.164. The van der Waals surface area contributed by atoms with E-state index in [4.69, 9.17) is 9.47 Å². The summed E-state index contributed by atoms with van der Waals surface area (Å²) < 4.78 is 11.5. The van der Waals surface area contributed by atoms with Crippen LogP contribution in [0.3, 0.4) is 0 Å². The average molecular weight is 372 g/mol. The summed E-state index contributed by atoms with van der Waals surface area (Å²) in [6, 6.07) is 21.0. The summed E-state index contributed by atoms with van der Waals surface area (Å²) >= 11 is 0.